The Morgan fingerprint density at radius 3 is 1.79 bits per heavy atom. The van der Waals surface area contributed by atoms with E-state index in [1.807, 2.05) is 0 Å². The van der Waals surface area contributed by atoms with Crippen molar-refractivity contribution in [3.63, 3.8) is 0 Å². The van der Waals surface area contributed by atoms with Crippen molar-refractivity contribution in [1.29, 1.82) is 0 Å². The molecule has 0 saturated heterocycles. The predicted molar refractivity (Wildman–Crippen MR) is 106 cm³/mol. The number of benzene rings is 3. The van der Waals surface area contributed by atoms with Crippen LogP contribution in [0.25, 0.3) is 0 Å². The third-order valence-corrected chi connectivity index (χ3v) is 8.32. The molecule has 7 heteroatoms. The molecule has 3 nitrogen and oxygen atoms in total. The van der Waals surface area contributed by atoms with Gasteiger partial charge in [-0.3, -0.25) is 0 Å². The molecule has 3 aromatic carbocycles. The molecule has 0 amide bonds. The summed E-state index contributed by atoms with van der Waals surface area (Å²) < 4.78 is 68.7. The molecule has 1 aliphatic heterocycles. The van der Waals surface area contributed by atoms with Gasteiger partial charge in [0.2, 0.25) is 5.60 Å². The van der Waals surface area contributed by atoms with Gasteiger partial charge in [-0.1, -0.05) is 78.9 Å². The standard InChI is InChI=1S/C22H18F3O3P/c1-27-15-28-21(22(23,24)25)17-11-5-7-13-19(17)29(26,16-9-3-2-4-10-16)20-14-8-6-12-18(20)21/h2-14H,15H2,1H3. The molecule has 1 heterocycles. The van der Waals surface area contributed by atoms with E-state index in [9.17, 15) is 17.7 Å². The maximum Gasteiger partial charge on any atom is 0.426 e. The fourth-order valence-electron chi connectivity index (χ4n) is 3.97. The Balaban J connectivity index is 2.15. The van der Waals surface area contributed by atoms with Crippen molar-refractivity contribution in [3.8, 4) is 0 Å². The van der Waals surface area contributed by atoms with Crippen LogP contribution in [0, 0.1) is 0 Å². The van der Waals surface area contributed by atoms with E-state index >= 15 is 0 Å². The van der Waals surface area contributed by atoms with E-state index in [4.69, 9.17) is 9.47 Å². The lowest BCUT2D eigenvalue weighted by atomic mass is 9.84. The lowest BCUT2D eigenvalue weighted by Crippen LogP contribution is -2.55. The first kappa shape index (κ1) is 19.9. The van der Waals surface area contributed by atoms with Crippen LogP contribution >= 0.6 is 7.14 Å². The van der Waals surface area contributed by atoms with Crippen molar-refractivity contribution in [2.45, 2.75) is 11.8 Å². The van der Waals surface area contributed by atoms with E-state index in [1.165, 1.54) is 43.5 Å². The molecule has 0 radical (unpaired) electrons. The summed E-state index contributed by atoms with van der Waals surface area (Å²) in [5.74, 6) is 0. The van der Waals surface area contributed by atoms with Crippen molar-refractivity contribution in [3.05, 3.63) is 90.0 Å². The number of fused-ring (bicyclic) bond motifs is 2. The first-order valence-corrected chi connectivity index (χ1v) is 10.6. The molecule has 4 rings (SSSR count). The van der Waals surface area contributed by atoms with Gasteiger partial charge in [-0.05, 0) is 0 Å². The van der Waals surface area contributed by atoms with E-state index in [1.54, 1.807) is 42.5 Å². The van der Waals surface area contributed by atoms with Gasteiger partial charge in [-0.2, -0.15) is 13.2 Å². The first-order chi connectivity index (χ1) is 13.9. The van der Waals surface area contributed by atoms with Crippen LogP contribution in [-0.4, -0.2) is 20.1 Å². The van der Waals surface area contributed by atoms with Crippen LogP contribution in [-0.2, 0) is 19.6 Å². The van der Waals surface area contributed by atoms with Crippen LogP contribution in [0.15, 0.2) is 78.9 Å². The van der Waals surface area contributed by atoms with Gasteiger partial charge in [0.25, 0.3) is 0 Å². The van der Waals surface area contributed by atoms with E-state index < -0.39 is 25.7 Å². The smallest absolute Gasteiger partial charge is 0.359 e. The zero-order valence-electron chi connectivity index (χ0n) is 15.5. The average Bonchev–Trinajstić information content (AvgIpc) is 2.74. The SMILES string of the molecule is COCOC1(C(F)(F)F)c2ccccc2P(=O)(c2ccccc2)c2ccccc21. The lowest BCUT2D eigenvalue weighted by molar-refractivity contribution is -0.285. The number of hydrogen-bond donors (Lipinski definition) is 0. The summed E-state index contributed by atoms with van der Waals surface area (Å²) in [6.45, 7) is -0.572. The molecule has 0 atom stereocenters. The van der Waals surface area contributed by atoms with Gasteiger partial charge in [0.05, 0.1) is 0 Å². The number of alkyl halides is 3. The Labute approximate surface area is 166 Å². The minimum absolute atomic E-state index is 0.123. The van der Waals surface area contributed by atoms with Gasteiger partial charge in [0, 0.05) is 34.2 Å². The molecule has 150 valence electrons. The first-order valence-electron chi connectivity index (χ1n) is 8.93. The van der Waals surface area contributed by atoms with Gasteiger partial charge in [0.15, 0.2) is 7.14 Å². The Morgan fingerprint density at radius 1 is 0.828 bits per heavy atom. The molecular formula is C22H18F3O3P. The number of hydrogen-bond acceptors (Lipinski definition) is 3. The summed E-state index contributed by atoms with van der Waals surface area (Å²) in [5, 5.41) is 0.721. The lowest BCUT2D eigenvalue weighted by Gasteiger charge is -2.43. The summed E-state index contributed by atoms with van der Waals surface area (Å²) in [5.41, 5.74) is -3.12. The van der Waals surface area contributed by atoms with Crippen LogP contribution in [0.4, 0.5) is 13.2 Å². The summed E-state index contributed by atoms with van der Waals surface area (Å²) in [7, 11) is -2.28. The molecule has 0 fully saturated rings. The van der Waals surface area contributed by atoms with Crippen LogP contribution in [0.1, 0.15) is 11.1 Å². The number of rotatable bonds is 4. The van der Waals surface area contributed by atoms with E-state index in [2.05, 4.69) is 0 Å². The van der Waals surface area contributed by atoms with Crippen molar-refractivity contribution in [2.24, 2.45) is 0 Å². The molecule has 29 heavy (non-hydrogen) atoms. The minimum atomic E-state index is -4.81. The third-order valence-electron chi connectivity index (χ3n) is 5.16. The summed E-state index contributed by atoms with van der Waals surface area (Å²) >= 11 is 0. The number of methoxy groups -OCH3 is 1. The Hall–Kier alpha value is -2.40. The second-order valence-electron chi connectivity index (χ2n) is 6.71. The van der Waals surface area contributed by atoms with Crippen LogP contribution in [0.3, 0.4) is 0 Å². The highest BCUT2D eigenvalue weighted by Crippen LogP contribution is 2.57. The van der Waals surface area contributed by atoms with Crippen LogP contribution in [0.5, 0.6) is 0 Å². The van der Waals surface area contributed by atoms with Crippen molar-refractivity contribution >= 4 is 23.1 Å². The van der Waals surface area contributed by atoms with Gasteiger partial charge in [0.1, 0.15) is 6.79 Å². The third kappa shape index (κ3) is 2.78. The highest BCUT2D eigenvalue weighted by molar-refractivity contribution is 7.85. The van der Waals surface area contributed by atoms with Crippen LogP contribution < -0.4 is 15.9 Å². The molecule has 0 aromatic heterocycles. The Bertz CT molecular complexity index is 1030. The monoisotopic (exact) mass is 418 g/mol. The van der Waals surface area contributed by atoms with Gasteiger partial charge in [-0.25, -0.2) is 0 Å². The maximum atomic E-state index is 14.7. The molecule has 0 unspecified atom stereocenters. The van der Waals surface area contributed by atoms with Crippen molar-refractivity contribution in [1.82, 2.24) is 0 Å². The number of ether oxygens (including phenoxy) is 2. The second-order valence-corrected chi connectivity index (χ2v) is 9.41. The molecule has 0 aliphatic carbocycles. The van der Waals surface area contributed by atoms with E-state index in [-0.39, 0.29) is 21.7 Å². The average molecular weight is 418 g/mol. The molecule has 1 aliphatic rings. The molecule has 0 bridgehead atoms. The van der Waals surface area contributed by atoms with Gasteiger partial charge >= 0.3 is 6.18 Å². The molecule has 0 saturated carbocycles. The highest BCUT2D eigenvalue weighted by atomic mass is 31.2. The summed E-state index contributed by atoms with van der Waals surface area (Å²) in [6, 6.07) is 20.5. The van der Waals surface area contributed by atoms with Crippen LogP contribution in [0.2, 0.25) is 0 Å². The minimum Gasteiger partial charge on any atom is -0.359 e. The van der Waals surface area contributed by atoms with E-state index in [0.29, 0.717) is 5.30 Å². The zero-order valence-corrected chi connectivity index (χ0v) is 16.4. The molecule has 3 aromatic rings. The van der Waals surface area contributed by atoms with E-state index in [0.717, 1.165) is 0 Å². The van der Waals surface area contributed by atoms with Gasteiger partial charge < -0.3 is 14.0 Å². The quantitative estimate of drug-likeness (QED) is 0.474. The molecule has 0 N–H and O–H groups in total. The normalized spacial score (nSPS) is 23.3. The second kappa shape index (κ2) is 7.13. The maximum absolute atomic E-state index is 14.7. The fourth-order valence-corrected chi connectivity index (χ4v) is 7.12. The Morgan fingerprint density at radius 2 is 1.31 bits per heavy atom. The predicted octanol–water partition coefficient (Wildman–Crippen LogP) is 4.07. The largest absolute Gasteiger partial charge is 0.426 e. The molecular weight excluding hydrogens is 400 g/mol. The summed E-state index contributed by atoms with van der Waals surface area (Å²) in [4.78, 5) is 0. The number of halogens is 3. The van der Waals surface area contributed by atoms with Crippen molar-refractivity contribution < 1.29 is 27.2 Å². The van der Waals surface area contributed by atoms with Gasteiger partial charge in [-0.15, -0.1) is 0 Å². The molecule has 0 spiro atoms. The van der Waals surface area contributed by atoms with Crippen molar-refractivity contribution in [2.75, 3.05) is 13.9 Å². The topological polar surface area (TPSA) is 35.5 Å². The Kier molecular flexibility index (Phi) is 4.89. The highest BCUT2D eigenvalue weighted by Gasteiger charge is 2.64. The summed E-state index contributed by atoms with van der Waals surface area (Å²) in [6.07, 6.45) is -4.81. The fraction of sp³-hybridized carbons (Fsp3) is 0.182. The zero-order chi connectivity index (χ0) is 20.7.